The van der Waals surface area contributed by atoms with Gasteiger partial charge in [-0.3, -0.25) is 0 Å². The molecule has 0 fully saturated rings. The van der Waals surface area contributed by atoms with E-state index in [-0.39, 0.29) is 18.9 Å². The maximum absolute atomic E-state index is 7.56. The van der Waals surface area contributed by atoms with Gasteiger partial charge in [-0.25, -0.2) is 0 Å². The van der Waals surface area contributed by atoms with Crippen molar-refractivity contribution >= 4 is 30.6 Å². The molecule has 0 aromatic heterocycles. The van der Waals surface area contributed by atoms with Crippen LogP contribution < -0.4 is 0 Å². The minimum Gasteiger partial charge on any atom is -0.184 e. The average Bonchev–Trinajstić information content (AvgIpc) is 1.41. The van der Waals surface area contributed by atoms with Crippen LogP contribution in [0, 0.1) is 21.3 Å². The van der Waals surface area contributed by atoms with Crippen LogP contribution in [-0.2, 0) is 0 Å². The van der Waals surface area contributed by atoms with Gasteiger partial charge in [-0.1, -0.05) is 0 Å². The number of thioether (sulfide) groups is 1. The van der Waals surface area contributed by atoms with Crippen molar-refractivity contribution in [2.45, 2.75) is 0 Å². The summed E-state index contributed by atoms with van der Waals surface area (Å²) in [5, 5.41) is 18.3. The normalized spacial score (nSPS) is 3.67. The Morgan fingerprint density at radius 1 is 1.17 bits per heavy atom. The Morgan fingerprint density at radius 3 is 1.50 bits per heavy atom. The third-order valence-corrected chi connectivity index (χ3v) is 0.274. The van der Waals surface area contributed by atoms with Crippen LogP contribution in [0.4, 0.5) is 0 Å². The first kappa shape index (κ1) is 9.33. The molecule has 0 aliphatic carbocycles. The standard InChI is InChI=1S/C2N2S.Li/c3-1-5-2-4;. The zero-order valence-electron chi connectivity index (χ0n) is 3.30. The van der Waals surface area contributed by atoms with Crippen molar-refractivity contribution in [3.63, 3.8) is 0 Å². The second-order valence-electron chi connectivity index (χ2n) is 0.285. The van der Waals surface area contributed by atoms with E-state index in [1.54, 1.807) is 10.8 Å². The minimum atomic E-state index is 0. The van der Waals surface area contributed by atoms with E-state index in [0.717, 1.165) is 0 Å². The summed E-state index contributed by atoms with van der Waals surface area (Å²) in [5.41, 5.74) is 0. The molecule has 2 nitrogen and oxygen atoms in total. The Morgan fingerprint density at radius 2 is 1.50 bits per heavy atom. The van der Waals surface area contributed by atoms with Crippen LogP contribution in [0.5, 0.6) is 0 Å². The summed E-state index contributed by atoms with van der Waals surface area (Å²) in [6.45, 7) is 0. The van der Waals surface area contributed by atoms with E-state index in [2.05, 4.69) is 0 Å². The molecule has 4 heteroatoms. The largest absolute Gasteiger partial charge is 0.184 e. The molecule has 0 unspecified atom stereocenters. The summed E-state index contributed by atoms with van der Waals surface area (Å²) in [4.78, 5) is 0. The average molecular weight is 91.0 g/mol. The van der Waals surface area contributed by atoms with Gasteiger partial charge >= 0.3 is 0 Å². The van der Waals surface area contributed by atoms with E-state index in [9.17, 15) is 0 Å². The van der Waals surface area contributed by atoms with Gasteiger partial charge in [0.05, 0.1) is 11.8 Å². The van der Waals surface area contributed by atoms with Crippen LogP contribution in [0.3, 0.4) is 0 Å². The molecule has 0 amide bonds. The summed E-state index contributed by atoms with van der Waals surface area (Å²) >= 11 is 0.574. The summed E-state index contributed by atoms with van der Waals surface area (Å²) in [5.74, 6) is 0. The van der Waals surface area contributed by atoms with Gasteiger partial charge in [0.1, 0.15) is 10.8 Å². The van der Waals surface area contributed by atoms with E-state index < -0.39 is 0 Å². The van der Waals surface area contributed by atoms with Crippen LogP contribution >= 0.6 is 11.8 Å². The first-order chi connectivity index (χ1) is 2.41. The number of hydrogen-bond donors (Lipinski definition) is 0. The fourth-order valence-electron chi connectivity index (χ4n) is 0.0204. The number of thiocyanates is 2. The third-order valence-electron chi connectivity index (χ3n) is 0.0913. The molecule has 25 valence electrons. The molecule has 0 atom stereocenters. The van der Waals surface area contributed by atoms with Gasteiger partial charge in [0.15, 0.2) is 0 Å². The van der Waals surface area contributed by atoms with Crippen molar-refractivity contribution in [2.24, 2.45) is 0 Å². The number of nitrogens with zero attached hydrogens (tertiary/aromatic N) is 2. The Labute approximate surface area is 52.3 Å². The minimum absolute atomic E-state index is 0. The summed E-state index contributed by atoms with van der Waals surface area (Å²) in [7, 11) is 0. The molecule has 0 N–H and O–H groups in total. The molecule has 0 rings (SSSR count). The zero-order valence-corrected chi connectivity index (χ0v) is 4.12. The molecular formula is C2LiN2S. The first-order valence-electron chi connectivity index (χ1n) is 0.855. The van der Waals surface area contributed by atoms with Crippen LogP contribution in [0.2, 0.25) is 0 Å². The molecule has 0 bridgehead atoms. The van der Waals surface area contributed by atoms with E-state index >= 15 is 0 Å². The van der Waals surface area contributed by atoms with E-state index in [4.69, 9.17) is 10.5 Å². The van der Waals surface area contributed by atoms with Crippen LogP contribution in [-0.4, -0.2) is 18.9 Å². The second-order valence-corrected chi connectivity index (χ2v) is 0.854. The zero-order chi connectivity index (χ0) is 4.12. The second kappa shape index (κ2) is 8.87. The number of nitriles is 2. The van der Waals surface area contributed by atoms with Gasteiger partial charge in [0.2, 0.25) is 0 Å². The molecule has 6 heavy (non-hydrogen) atoms. The topological polar surface area (TPSA) is 47.6 Å². The van der Waals surface area contributed by atoms with Crippen LogP contribution in [0.15, 0.2) is 0 Å². The van der Waals surface area contributed by atoms with Crippen LogP contribution in [0.1, 0.15) is 0 Å². The Bertz CT molecular complexity index is 76.7. The molecule has 0 heterocycles. The molecule has 0 aromatic carbocycles. The summed E-state index contributed by atoms with van der Waals surface area (Å²) in [6.07, 6.45) is 0. The molecule has 0 aliphatic heterocycles. The number of hydrogen-bond acceptors (Lipinski definition) is 3. The van der Waals surface area contributed by atoms with Crippen molar-refractivity contribution in [2.75, 3.05) is 0 Å². The third kappa shape index (κ3) is 9.06. The Hall–Kier alpha value is -0.0726. The summed E-state index contributed by atoms with van der Waals surface area (Å²) < 4.78 is 0. The van der Waals surface area contributed by atoms with E-state index in [1.807, 2.05) is 0 Å². The fraction of sp³-hybridized carbons (Fsp3) is 0. The molecule has 0 saturated carbocycles. The molecule has 0 aliphatic rings. The van der Waals surface area contributed by atoms with Gasteiger partial charge in [0, 0.05) is 18.9 Å². The van der Waals surface area contributed by atoms with Crippen molar-refractivity contribution < 1.29 is 0 Å². The molecular weight excluding hydrogens is 91.0 g/mol. The van der Waals surface area contributed by atoms with Crippen molar-refractivity contribution in [1.29, 1.82) is 10.5 Å². The van der Waals surface area contributed by atoms with Crippen LogP contribution in [0.25, 0.3) is 0 Å². The monoisotopic (exact) mass is 91.0 g/mol. The van der Waals surface area contributed by atoms with Gasteiger partial charge in [-0.05, 0) is 0 Å². The van der Waals surface area contributed by atoms with Gasteiger partial charge < -0.3 is 0 Å². The molecule has 0 saturated heterocycles. The fourth-order valence-corrected chi connectivity index (χ4v) is 0.0612. The van der Waals surface area contributed by atoms with E-state index in [0.29, 0.717) is 11.8 Å². The predicted molar refractivity (Wildman–Crippen MR) is 24.6 cm³/mol. The summed E-state index contributed by atoms with van der Waals surface area (Å²) in [6, 6.07) is 0. The van der Waals surface area contributed by atoms with Crippen molar-refractivity contribution in [3.05, 3.63) is 0 Å². The van der Waals surface area contributed by atoms with Gasteiger partial charge in [0.25, 0.3) is 0 Å². The maximum Gasteiger partial charge on any atom is 0.149 e. The molecule has 0 spiro atoms. The SMILES string of the molecule is N#CSC#N.[Li]. The van der Waals surface area contributed by atoms with E-state index in [1.165, 1.54) is 0 Å². The maximum atomic E-state index is 7.56. The van der Waals surface area contributed by atoms with Gasteiger partial charge in [-0.2, -0.15) is 10.5 Å². The molecule has 1 radical (unpaired) electrons. The Balaban J connectivity index is 0. The van der Waals surface area contributed by atoms with Crippen molar-refractivity contribution in [1.82, 2.24) is 0 Å². The predicted octanol–water partition coefficient (Wildman–Crippen LogP) is 0.301. The molecule has 0 aromatic rings. The smallest absolute Gasteiger partial charge is 0.149 e. The number of rotatable bonds is 0. The van der Waals surface area contributed by atoms with Gasteiger partial charge in [-0.15, -0.1) is 0 Å². The van der Waals surface area contributed by atoms with Crippen molar-refractivity contribution in [3.8, 4) is 10.8 Å². The Kier molecular flexibility index (Phi) is 13.8. The first-order valence-corrected chi connectivity index (χ1v) is 1.67. The quantitative estimate of drug-likeness (QED) is 0.318.